The molecule has 0 unspecified atom stereocenters. The molecule has 0 aliphatic carbocycles. The first-order chi connectivity index (χ1) is 11.3. The average Bonchev–Trinajstić information content (AvgIpc) is 3.08. The Hall–Kier alpha value is -3.06. The maximum Gasteiger partial charge on any atom is 0.275 e. The molecule has 7 heteroatoms. The van der Waals surface area contributed by atoms with Gasteiger partial charge in [0, 0.05) is 23.3 Å². The molecule has 0 fully saturated rings. The Morgan fingerprint density at radius 3 is 2.57 bits per heavy atom. The molecule has 2 heterocycles. The summed E-state index contributed by atoms with van der Waals surface area (Å²) in [4.78, 5) is 31.2. The summed E-state index contributed by atoms with van der Waals surface area (Å²) in [6, 6.07) is 10.6. The van der Waals surface area contributed by atoms with Gasteiger partial charge in [-0.05, 0) is 24.3 Å². The number of nitrogens with zero attached hydrogens (tertiary/aromatic N) is 2. The lowest BCUT2D eigenvalue weighted by atomic mass is 10.2. The molecule has 0 radical (unpaired) electrons. The van der Waals surface area contributed by atoms with Gasteiger partial charge in [-0.1, -0.05) is 12.1 Å². The van der Waals surface area contributed by atoms with Gasteiger partial charge in [0.1, 0.15) is 10.7 Å². The fraction of sp³-hybridized carbons (Fsp3) is 0. The highest BCUT2D eigenvalue weighted by atomic mass is 32.1. The van der Waals surface area contributed by atoms with Gasteiger partial charge in [0.2, 0.25) is 6.41 Å². The Labute approximate surface area is 136 Å². The molecule has 2 N–H and O–H groups in total. The number of para-hydroxylation sites is 2. The van der Waals surface area contributed by atoms with Gasteiger partial charge in [-0.3, -0.25) is 14.6 Å². The maximum atomic E-state index is 12.3. The van der Waals surface area contributed by atoms with Crippen LogP contribution in [0.4, 0.5) is 11.4 Å². The number of pyridine rings is 1. The Morgan fingerprint density at radius 2 is 1.83 bits per heavy atom. The highest BCUT2D eigenvalue weighted by molar-refractivity contribution is 7.13. The lowest BCUT2D eigenvalue weighted by Gasteiger charge is -2.08. The largest absolute Gasteiger partial charge is 0.327 e. The van der Waals surface area contributed by atoms with E-state index in [-0.39, 0.29) is 5.91 Å². The van der Waals surface area contributed by atoms with E-state index in [1.54, 1.807) is 42.0 Å². The summed E-state index contributed by atoms with van der Waals surface area (Å²) in [6.07, 6.45) is 3.92. The van der Waals surface area contributed by atoms with Crippen molar-refractivity contribution in [1.82, 2.24) is 9.97 Å². The van der Waals surface area contributed by atoms with Gasteiger partial charge in [-0.2, -0.15) is 0 Å². The van der Waals surface area contributed by atoms with Crippen LogP contribution in [0.3, 0.4) is 0 Å². The Bertz CT molecular complexity index is 833. The number of rotatable bonds is 5. The SMILES string of the molecule is O=CNc1ccccc1NC(=O)c1csc(-c2ccncc2)n1. The summed E-state index contributed by atoms with van der Waals surface area (Å²) in [7, 11) is 0. The van der Waals surface area contributed by atoms with Gasteiger partial charge in [0.25, 0.3) is 5.91 Å². The van der Waals surface area contributed by atoms with Gasteiger partial charge in [0.15, 0.2) is 0 Å². The van der Waals surface area contributed by atoms with Gasteiger partial charge in [-0.25, -0.2) is 4.98 Å². The normalized spacial score (nSPS) is 10.1. The molecule has 3 aromatic rings. The number of amides is 2. The molecule has 0 aliphatic heterocycles. The van der Waals surface area contributed by atoms with Crippen LogP contribution < -0.4 is 10.6 Å². The minimum absolute atomic E-state index is 0.322. The Morgan fingerprint density at radius 1 is 1.09 bits per heavy atom. The van der Waals surface area contributed by atoms with Crippen LogP contribution in [0.1, 0.15) is 10.5 Å². The molecule has 6 nitrogen and oxygen atoms in total. The fourth-order valence-electron chi connectivity index (χ4n) is 1.97. The molecular formula is C16H12N4O2S. The van der Waals surface area contributed by atoms with Crippen molar-refractivity contribution in [2.75, 3.05) is 10.6 Å². The molecule has 0 atom stereocenters. The predicted octanol–water partition coefficient (Wildman–Crippen LogP) is 3.03. The molecule has 1 aromatic carbocycles. The third-order valence-electron chi connectivity index (χ3n) is 3.05. The molecule has 0 aliphatic rings. The lowest BCUT2D eigenvalue weighted by molar-refractivity contribution is -0.105. The summed E-state index contributed by atoms with van der Waals surface area (Å²) >= 11 is 1.38. The zero-order valence-corrected chi connectivity index (χ0v) is 12.7. The minimum Gasteiger partial charge on any atom is -0.327 e. The summed E-state index contributed by atoms with van der Waals surface area (Å²) in [5.41, 5.74) is 2.28. The van der Waals surface area contributed by atoms with E-state index in [4.69, 9.17) is 0 Å². The molecule has 114 valence electrons. The number of hydrogen-bond acceptors (Lipinski definition) is 5. The van der Waals surface area contributed by atoms with E-state index in [0.717, 1.165) is 10.6 Å². The quantitative estimate of drug-likeness (QED) is 0.707. The second-order valence-corrected chi connectivity index (χ2v) is 5.39. The van der Waals surface area contributed by atoms with Crippen molar-refractivity contribution >= 4 is 35.0 Å². The molecule has 0 spiro atoms. The second-order valence-electron chi connectivity index (χ2n) is 4.54. The molecule has 2 amide bonds. The van der Waals surface area contributed by atoms with E-state index >= 15 is 0 Å². The average molecular weight is 324 g/mol. The third kappa shape index (κ3) is 3.41. The van der Waals surface area contributed by atoms with Crippen LogP contribution in [-0.2, 0) is 4.79 Å². The predicted molar refractivity (Wildman–Crippen MR) is 89.4 cm³/mol. The number of nitrogens with one attached hydrogen (secondary N) is 2. The van der Waals surface area contributed by atoms with Crippen molar-refractivity contribution in [3.63, 3.8) is 0 Å². The molecule has 2 aromatic heterocycles. The van der Waals surface area contributed by atoms with E-state index in [1.807, 2.05) is 12.1 Å². The molecule has 3 rings (SSSR count). The Kier molecular flexibility index (Phi) is 4.39. The number of benzene rings is 1. The van der Waals surface area contributed by atoms with Crippen molar-refractivity contribution in [2.24, 2.45) is 0 Å². The van der Waals surface area contributed by atoms with E-state index in [9.17, 15) is 9.59 Å². The van der Waals surface area contributed by atoms with Gasteiger partial charge in [-0.15, -0.1) is 11.3 Å². The molecule has 0 saturated carbocycles. The van der Waals surface area contributed by atoms with Crippen LogP contribution >= 0.6 is 11.3 Å². The van der Waals surface area contributed by atoms with Crippen LogP contribution in [0.25, 0.3) is 10.6 Å². The van der Waals surface area contributed by atoms with Crippen molar-refractivity contribution in [1.29, 1.82) is 0 Å². The monoisotopic (exact) mass is 324 g/mol. The number of carbonyl (C=O) groups is 2. The zero-order valence-electron chi connectivity index (χ0n) is 11.9. The number of hydrogen-bond donors (Lipinski definition) is 2. The molecular weight excluding hydrogens is 312 g/mol. The highest BCUT2D eigenvalue weighted by Crippen LogP contribution is 2.25. The summed E-state index contributed by atoms with van der Waals surface area (Å²) in [5, 5.41) is 7.73. The standard InChI is InChI=1S/C16H12N4O2S/c21-10-18-12-3-1-2-4-13(12)19-15(22)14-9-23-16(20-14)11-5-7-17-8-6-11/h1-10H,(H,18,21)(H,19,22). The highest BCUT2D eigenvalue weighted by Gasteiger charge is 2.13. The van der Waals surface area contributed by atoms with Crippen LogP contribution in [0, 0.1) is 0 Å². The number of carbonyl (C=O) groups excluding carboxylic acids is 2. The lowest BCUT2D eigenvalue weighted by Crippen LogP contribution is -2.13. The van der Waals surface area contributed by atoms with Crippen LogP contribution in [0.15, 0.2) is 54.2 Å². The Balaban J connectivity index is 1.80. The summed E-state index contributed by atoms with van der Waals surface area (Å²) in [6.45, 7) is 0. The number of thiazole rings is 1. The van der Waals surface area contributed by atoms with Crippen molar-refractivity contribution in [3.8, 4) is 10.6 Å². The van der Waals surface area contributed by atoms with E-state index in [2.05, 4.69) is 20.6 Å². The van der Waals surface area contributed by atoms with Crippen molar-refractivity contribution in [2.45, 2.75) is 0 Å². The first-order valence-electron chi connectivity index (χ1n) is 6.74. The van der Waals surface area contributed by atoms with Crippen LogP contribution in [0.2, 0.25) is 0 Å². The van der Waals surface area contributed by atoms with E-state index in [1.165, 1.54) is 11.3 Å². The van der Waals surface area contributed by atoms with Crippen molar-refractivity contribution < 1.29 is 9.59 Å². The van der Waals surface area contributed by atoms with Gasteiger partial charge >= 0.3 is 0 Å². The molecule has 0 saturated heterocycles. The zero-order chi connectivity index (χ0) is 16.1. The molecule has 0 bridgehead atoms. The minimum atomic E-state index is -0.332. The number of anilines is 2. The maximum absolute atomic E-state index is 12.3. The second kappa shape index (κ2) is 6.80. The summed E-state index contributed by atoms with van der Waals surface area (Å²) < 4.78 is 0. The van der Waals surface area contributed by atoms with E-state index in [0.29, 0.717) is 23.5 Å². The number of aromatic nitrogens is 2. The van der Waals surface area contributed by atoms with Crippen LogP contribution in [0.5, 0.6) is 0 Å². The fourth-order valence-corrected chi connectivity index (χ4v) is 2.78. The van der Waals surface area contributed by atoms with Gasteiger partial charge < -0.3 is 10.6 Å². The summed E-state index contributed by atoms with van der Waals surface area (Å²) in [5.74, 6) is -0.332. The molecule has 23 heavy (non-hydrogen) atoms. The first kappa shape index (κ1) is 14.9. The van der Waals surface area contributed by atoms with E-state index < -0.39 is 0 Å². The topological polar surface area (TPSA) is 84.0 Å². The first-order valence-corrected chi connectivity index (χ1v) is 7.62. The van der Waals surface area contributed by atoms with Gasteiger partial charge in [0.05, 0.1) is 11.4 Å². The smallest absolute Gasteiger partial charge is 0.275 e. The third-order valence-corrected chi connectivity index (χ3v) is 3.95. The van der Waals surface area contributed by atoms with Crippen molar-refractivity contribution in [3.05, 3.63) is 59.9 Å². The van der Waals surface area contributed by atoms with Crippen LogP contribution in [-0.4, -0.2) is 22.3 Å².